The maximum atomic E-state index is 12.9. The second-order valence-electron chi connectivity index (χ2n) is 2.48. The van der Waals surface area contributed by atoms with E-state index < -0.39 is 18.2 Å². The smallest absolute Gasteiger partial charge is 0.388 e. The molecule has 0 saturated carbocycles. The van der Waals surface area contributed by atoms with Crippen LogP contribution in [0.25, 0.3) is 0 Å². The molecule has 0 aliphatic rings. The average Bonchev–Trinajstić information content (AvgIpc) is 2.08. The van der Waals surface area contributed by atoms with Gasteiger partial charge in [0.1, 0.15) is 0 Å². The predicted molar refractivity (Wildman–Crippen MR) is 46.5 cm³/mol. The Balaban J connectivity index is 3.06. The van der Waals surface area contributed by atoms with Crippen LogP contribution in [0.15, 0.2) is 10.5 Å². The topological polar surface area (TPSA) is 48.1 Å². The van der Waals surface area contributed by atoms with E-state index in [2.05, 4.69) is 25.7 Å². The molecule has 0 atom stereocenters. The number of hydrogen-bond donors (Lipinski definition) is 1. The largest absolute Gasteiger partial charge is 0.574 e. The minimum atomic E-state index is -4.90. The number of pyridine rings is 1. The van der Waals surface area contributed by atoms with Gasteiger partial charge in [-0.15, -0.1) is 13.2 Å². The zero-order chi connectivity index (χ0) is 11.6. The van der Waals surface area contributed by atoms with E-state index in [0.717, 1.165) is 6.07 Å². The first kappa shape index (κ1) is 12.2. The SMILES string of the molecule is NCc1cc(OC(F)(F)F)nc(F)c1Br. The van der Waals surface area contributed by atoms with Crippen molar-refractivity contribution in [3.8, 4) is 5.88 Å². The van der Waals surface area contributed by atoms with Crippen molar-refractivity contribution in [2.75, 3.05) is 0 Å². The molecule has 0 aliphatic carbocycles. The quantitative estimate of drug-likeness (QED) is 0.671. The molecule has 0 amide bonds. The van der Waals surface area contributed by atoms with E-state index in [-0.39, 0.29) is 16.6 Å². The highest BCUT2D eigenvalue weighted by Gasteiger charge is 2.32. The molecule has 0 radical (unpaired) electrons. The molecule has 0 unspecified atom stereocenters. The molecule has 1 rings (SSSR count). The lowest BCUT2D eigenvalue weighted by Gasteiger charge is -2.10. The molecule has 0 spiro atoms. The molecule has 0 bridgehead atoms. The van der Waals surface area contributed by atoms with Crippen LogP contribution >= 0.6 is 15.9 Å². The Morgan fingerprint density at radius 1 is 1.47 bits per heavy atom. The first-order chi connectivity index (χ1) is 6.83. The first-order valence-corrected chi connectivity index (χ1v) is 4.43. The monoisotopic (exact) mass is 288 g/mol. The van der Waals surface area contributed by atoms with Gasteiger partial charge in [0.05, 0.1) is 4.47 Å². The standard InChI is InChI=1S/C7H5BrF4N2O/c8-5-3(2-13)1-4(14-6(5)9)15-7(10,11)12/h1H,2,13H2. The lowest BCUT2D eigenvalue weighted by Crippen LogP contribution is -2.18. The number of alkyl halides is 3. The molecule has 0 aliphatic heterocycles. The Kier molecular flexibility index (Phi) is 3.50. The molecule has 1 aromatic rings. The molecular formula is C7H5BrF4N2O. The number of nitrogens with two attached hydrogens (primary N) is 1. The fourth-order valence-electron chi connectivity index (χ4n) is 0.842. The Bertz CT molecular complexity index is 369. The molecular weight excluding hydrogens is 284 g/mol. The maximum Gasteiger partial charge on any atom is 0.574 e. The van der Waals surface area contributed by atoms with Crippen molar-refractivity contribution in [2.24, 2.45) is 5.73 Å². The van der Waals surface area contributed by atoms with Crippen molar-refractivity contribution in [1.82, 2.24) is 4.98 Å². The third-order valence-electron chi connectivity index (χ3n) is 1.41. The van der Waals surface area contributed by atoms with Crippen LogP contribution in [0.5, 0.6) is 5.88 Å². The summed E-state index contributed by atoms with van der Waals surface area (Å²) in [6, 6.07) is 0.917. The number of aromatic nitrogens is 1. The van der Waals surface area contributed by atoms with Crippen LogP contribution in [0.2, 0.25) is 0 Å². The number of nitrogens with zero attached hydrogens (tertiary/aromatic N) is 1. The van der Waals surface area contributed by atoms with Crippen molar-refractivity contribution < 1.29 is 22.3 Å². The zero-order valence-electron chi connectivity index (χ0n) is 7.11. The zero-order valence-corrected chi connectivity index (χ0v) is 8.69. The molecule has 8 heteroatoms. The number of ether oxygens (including phenoxy) is 1. The summed E-state index contributed by atoms with van der Waals surface area (Å²) in [6.07, 6.45) is -4.90. The predicted octanol–water partition coefficient (Wildman–Crippen LogP) is 2.34. The van der Waals surface area contributed by atoms with Crippen LogP contribution in [0, 0.1) is 5.95 Å². The third kappa shape index (κ3) is 3.31. The average molecular weight is 289 g/mol. The summed E-state index contributed by atoms with van der Waals surface area (Å²) in [4.78, 5) is 2.96. The first-order valence-electron chi connectivity index (χ1n) is 3.64. The van der Waals surface area contributed by atoms with E-state index in [1.807, 2.05) is 0 Å². The number of halogens is 5. The Labute approximate surface area is 90.4 Å². The van der Waals surface area contributed by atoms with Gasteiger partial charge in [-0.3, -0.25) is 0 Å². The van der Waals surface area contributed by atoms with Gasteiger partial charge < -0.3 is 10.5 Å². The summed E-state index contributed by atoms with van der Waals surface area (Å²) in [7, 11) is 0. The fraction of sp³-hybridized carbons (Fsp3) is 0.286. The lowest BCUT2D eigenvalue weighted by molar-refractivity contribution is -0.276. The van der Waals surface area contributed by atoms with Gasteiger partial charge in [0.25, 0.3) is 0 Å². The van der Waals surface area contributed by atoms with Crippen molar-refractivity contribution >= 4 is 15.9 Å². The summed E-state index contributed by atoms with van der Waals surface area (Å²) < 4.78 is 51.7. The van der Waals surface area contributed by atoms with Crippen LogP contribution < -0.4 is 10.5 Å². The Morgan fingerprint density at radius 2 is 2.07 bits per heavy atom. The number of hydrogen-bond acceptors (Lipinski definition) is 3. The summed E-state index contributed by atoms with van der Waals surface area (Å²) in [5, 5.41) is 0. The van der Waals surface area contributed by atoms with Gasteiger partial charge in [0.2, 0.25) is 11.8 Å². The molecule has 15 heavy (non-hydrogen) atoms. The van der Waals surface area contributed by atoms with Crippen LogP contribution in [0.4, 0.5) is 17.6 Å². The molecule has 2 N–H and O–H groups in total. The molecule has 0 fully saturated rings. The number of rotatable bonds is 2. The van der Waals surface area contributed by atoms with Crippen molar-refractivity contribution in [1.29, 1.82) is 0 Å². The summed E-state index contributed by atoms with van der Waals surface area (Å²) in [5.74, 6) is -1.97. The molecule has 1 heterocycles. The highest BCUT2D eigenvalue weighted by atomic mass is 79.9. The van der Waals surface area contributed by atoms with Gasteiger partial charge in [-0.2, -0.15) is 9.37 Å². The van der Waals surface area contributed by atoms with E-state index in [4.69, 9.17) is 5.73 Å². The summed E-state index contributed by atoms with van der Waals surface area (Å²) >= 11 is 2.80. The van der Waals surface area contributed by atoms with Crippen LogP contribution in [0.3, 0.4) is 0 Å². The minimum absolute atomic E-state index is 0.0699. The van der Waals surface area contributed by atoms with Gasteiger partial charge in [0.15, 0.2) is 0 Å². The fourth-order valence-corrected chi connectivity index (χ4v) is 1.21. The van der Waals surface area contributed by atoms with E-state index in [0.29, 0.717) is 0 Å². The van der Waals surface area contributed by atoms with Crippen molar-refractivity contribution in [3.63, 3.8) is 0 Å². The van der Waals surface area contributed by atoms with Gasteiger partial charge in [-0.1, -0.05) is 0 Å². The molecule has 3 nitrogen and oxygen atoms in total. The second kappa shape index (κ2) is 4.31. The summed E-state index contributed by atoms with van der Waals surface area (Å²) in [5.41, 5.74) is 5.33. The van der Waals surface area contributed by atoms with E-state index in [1.165, 1.54) is 0 Å². The third-order valence-corrected chi connectivity index (χ3v) is 2.25. The van der Waals surface area contributed by atoms with E-state index in [9.17, 15) is 17.6 Å². The minimum Gasteiger partial charge on any atom is -0.388 e. The van der Waals surface area contributed by atoms with Gasteiger partial charge in [-0.25, -0.2) is 0 Å². The van der Waals surface area contributed by atoms with Crippen LogP contribution in [-0.4, -0.2) is 11.3 Å². The van der Waals surface area contributed by atoms with Crippen LogP contribution in [-0.2, 0) is 6.54 Å². The van der Waals surface area contributed by atoms with Gasteiger partial charge in [0, 0.05) is 12.6 Å². The van der Waals surface area contributed by atoms with Gasteiger partial charge >= 0.3 is 6.36 Å². The molecule has 1 aromatic heterocycles. The maximum absolute atomic E-state index is 12.9. The van der Waals surface area contributed by atoms with Gasteiger partial charge in [-0.05, 0) is 21.5 Å². The lowest BCUT2D eigenvalue weighted by atomic mass is 10.3. The van der Waals surface area contributed by atoms with Crippen molar-refractivity contribution in [3.05, 3.63) is 22.1 Å². The second-order valence-corrected chi connectivity index (χ2v) is 3.27. The van der Waals surface area contributed by atoms with E-state index >= 15 is 0 Å². The molecule has 0 aromatic carbocycles. The van der Waals surface area contributed by atoms with Crippen molar-refractivity contribution in [2.45, 2.75) is 12.9 Å². The van der Waals surface area contributed by atoms with Crippen LogP contribution in [0.1, 0.15) is 5.56 Å². The summed E-state index contributed by atoms with van der Waals surface area (Å²) in [6.45, 7) is -0.131. The molecule has 0 saturated heterocycles. The molecule has 84 valence electrons. The highest BCUT2D eigenvalue weighted by Crippen LogP contribution is 2.26. The highest BCUT2D eigenvalue weighted by molar-refractivity contribution is 9.10. The Morgan fingerprint density at radius 3 is 2.53 bits per heavy atom. The Hall–Kier alpha value is -0.890. The van der Waals surface area contributed by atoms with E-state index in [1.54, 1.807) is 0 Å². The normalized spacial score (nSPS) is 11.6.